The minimum atomic E-state index is -0.0220. The van der Waals surface area contributed by atoms with Gasteiger partial charge in [-0.05, 0) is 38.8 Å². The first-order valence-corrected chi connectivity index (χ1v) is 8.12. The van der Waals surface area contributed by atoms with E-state index in [4.69, 9.17) is 0 Å². The number of rotatable bonds is 4. The molecule has 0 bridgehead atoms. The standard InChI is InChI=1S/C16H22N6O/c1-3-21(4-2)16(23)22-11-5-6-13(22)15-18-14(19-20-15)12-7-9-17-10-8-12/h7-10,13H,3-6,11H2,1-2H3,(H,18,19,20)/t13-/m1/s1. The summed E-state index contributed by atoms with van der Waals surface area (Å²) in [5, 5.41) is 7.31. The number of hydrogen-bond donors (Lipinski definition) is 1. The zero-order chi connectivity index (χ0) is 16.2. The lowest BCUT2D eigenvalue weighted by Crippen LogP contribution is -2.42. The Labute approximate surface area is 135 Å². The molecule has 1 N–H and O–H groups in total. The molecule has 1 fully saturated rings. The van der Waals surface area contributed by atoms with Crippen LogP contribution in [0.1, 0.15) is 38.6 Å². The largest absolute Gasteiger partial charge is 0.325 e. The summed E-state index contributed by atoms with van der Waals surface area (Å²) in [6, 6.07) is 3.81. The number of pyridine rings is 1. The SMILES string of the molecule is CCN(CC)C(=O)N1CCC[C@@H]1c1nc(-c2ccncc2)n[nH]1. The molecule has 2 amide bonds. The number of urea groups is 1. The molecule has 1 atom stereocenters. The van der Waals surface area contributed by atoms with Gasteiger partial charge in [0.1, 0.15) is 5.82 Å². The van der Waals surface area contributed by atoms with E-state index in [0.29, 0.717) is 5.82 Å². The van der Waals surface area contributed by atoms with Crippen LogP contribution in [-0.4, -0.2) is 55.6 Å². The molecule has 0 unspecified atom stereocenters. The summed E-state index contributed by atoms with van der Waals surface area (Å²) in [6.45, 7) is 6.21. The second kappa shape index (κ2) is 6.76. The molecule has 2 aromatic rings. The van der Waals surface area contributed by atoms with Gasteiger partial charge >= 0.3 is 6.03 Å². The molecule has 7 nitrogen and oxygen atoms in total. The van der Waals surface area contributed by atoms with Crippen LogP contribution in [0.5, 0.6) is 0 Å². The highest BCUT2D eigenvalue weighted by molar-refractivity contribution is 5.75. The molecule has 7 heteroatoms. The summed E-state index contributed by atoms with van der Waals surface area (Å²) in [5.41, 5.74) is 0.919. The zero-order valence-electron chi connectivity index (χ0n) is 13.6. The van der Waals surface area contributed by atoms with E-state index in [0.717, 1.165) is 43.9 Å². The number of likely N-dealkylation sites (tertiary alicyclic amines) is 1. The van der Waals surface area contributed by atoms with Gasteiger partial charge in [0.2, 0.25) is 0 Å². The fraction of sp³-hybridized carbons (Fsp3) is 0.500. The lowest BCUT2D eigenvalue weighted by atomic mass is 10.2. The molecule has 1 saturated heterocycles. The number of H-pyrrole nitrogens is 1. The van der Waals surface area contributed by atoms with E-state index in [-0.39, 0.29) is 12.1 Å². The van der Waals surface area contributed by atoms with Crippen molar-refractivity contribution in [1.82, 2.24) is 30.0 Å². The molecular formula is C16H22N6O. The summed E-state index contributed by atoms with van der Waals surface area (Å²) in [6.07, 6.45) is 5.34. The Hall–Kier alpha value is -2.44. The third-order valence-electron chi connectivity index (χ3n) is 4.29. The Bertz CT molecular complexity index is 652. The number of aromatic nitrogens is 4. The average molecular weight is 314 g/mol. The van der Waals surface area contributed by atoms with Crippen molar-refractivity contribution >= 4 is 6.03 Å². The fourth-order valence-corrected chi connectivity index (χ4v) is 3.01. The van der Waals surface area contributed by atoms with Gasteiger partial charge in [0, 0.05) is 37.6 Å². The highest BCUT2D eigenvalue weighted by Gasteiger charge is 2.34. The molecule has 1 aliphatic rings. The van der Waals surface area contributed by atoms with Crippen LogP contribution in [-0.2, 0) is 0 Å². The maximum absolute atomic E-state index is 12.6. The van der Waals surface area contributed by atoms with Crippen molar-refractivity contribution < 1.29 is 4.79 Å². The minimum absolute atomic E-state index is 0.0220. The van der Waals surface area contributed by atoms with Crippen LogP contribution in [0, 0.1) is 0 Å². The van der Waals surface area contributed by atoms with Gasteiger partial charge in [-0.25, -0.2) is 9.78 Å². The third-order valence-corrected chi connectivity index (χ3v) is 4.29. The Morgan fingerprint density at radius 3 is 2.78 bits per heavy atom. The molecule has 0 radical (unpaired) electrons. The first kappa shape index (κ1) is 15.5. The Morgan fingerprint density at radius 2 is 2.09 bits per heavy atom. The number of nitrogens with one attached hydrogen (secondary N) is 1. The molecule has 0 aliphatic carbocycles. The molecule has 0 aromatic carbocycles. The molecule has 0 spiro atoms. The van der Waals surface area contributed by atoms with Crippen LogP contribution in [0.3, 0.4) is 0 Å². The Morgan fingerprint density at radius 1 is 1.35 bits per heavy atom. The van der Waals surface area contributed by atoms with Crippen LogP contribution >= 0.6 is 0 Å². The van der Waals surface area contributed by atoms with Gasteiger partial charge in [-0.3, -0.25) is 10.1 Å². The predicted molar refractivity (Wildman–Crippen MR) is 86.6 cm³/mol. The monoisotopic (exact) mass is 314 g/mol. The van der Waals surface area contributed by atoms with Crippen molar-refractivity contribution in [3.63, 3.8) is 0 Å². The van der Waals surface area contributed by atoms with Crippen molar-refractivity contribution in [1.29, 1.82) is 0 Å². The fourth-order valence-electron chi connectivity index (χ4n) is 3.01. The molecule has 1 aliphatic heterocycles. The number of carbonyl (C=O) groups excluding carboxylic acids is 1. The number of aromatic amines is 1. The first-order chi connectivity index (χ1) is 11.2. The zero-order valence-corrected chi connectivity index (χ0v) is 13.6. The summed E-state index contributed by atoms with van der Waals surface area (Å²) < 4.78 is 0. The molecule has 2 aromatic heterocycles. The third kappa shape index (κ3) is 3.04. The smallest absolute Gasteiger partial charge is 0.320 e. The minimum Gasteiger partial charge on any atom is -0.325 e. The van der Waals surface area contributed by atoms with E-state index < -0.39 is 0 Å². The van der Waals surface area contributed by atoms with Crippen molar-refractivity contribution in [2.75, 3.05) is 19.6 Å². The van der Waals surface area contributed by atoms with Gasteiger partial charge in [0.25, 0.3) is 0 Å². The predicted octanol–water partition coefficient (Wildman–Crippen LogP) is 2.47. The Kier molecular flexibility index (Phi) is 4.55. The molecule has 23 heavy (non-hydrogen) atoms. The van der Waals surface area contributed by atoms with Crippen molar-refractivity contribution in [2.45, 2.75) is 32.7 Å². The highest BCUT2D eigenvalue weighted by atomic mass is 16.2. The molecule has 0 saturated carbocycles. The maximum Gasteiger partial charge on any atom is 0.320 e. The van der Waals surface area contributed by atoms with Gasteiger partial charge < -0.3 is 9.80 Å². The second-order valence-electron chi connectivity index (χ2n) is 5.59. The van der Waals surface area contributed by atoms with E-state index >= 15 is 0 Å². The van der Waals surface area contributed by atoms with Gasteiger partial charge in [-0.2, -0.15) is 5.10 Å². The lowest BCUT2D eigenvalue weighted by molar-refractivity contribution is 0.151. The second-order valence-corrected chi connectivity index (χ2v) is 5.59. The van der Waals surface area contributed by atoms with E-state index in [1.807, 2.05) is 35.8 Å². The van der Waals surface area contributed by atoms with Crippen molar-refractivity contribution in [3.8, 4) is 11.4 Å². The van der Waals surface area contributed by atoms with E-state index in [1.165, 1.54) is 0 Å². The summed E-state index contributed by atoms with van der Waals surface area (Å²) in [5.74, 6) is 1.40. The van der Waals surface area contributed by atoms with Crippen LogP contribution in [0.25, 0.3) is 11.4 Å². The van der Waals surface area contributed by atoms with Gasteiger partial charge in [-0.1, -0.05) is 0 Å². The summed E-state index contributed by atoms with van der Waals surface area (Å²) in [4.78, 5) is 25.0. The number of amides is 2. The number of hydrogen-bond acceptors (Lipinski definition) is 4. The van der Waals surface area contributed by atoms with Crippen molar-refractivity contribution in [2.24, 2.45) is 0 Å². The van der Waals surface area contributed by atoms with Crippen LogP contribution in [0.15, 0.2) is 24.5 Å². The molecular weight excluding hydrogens is 292 g/mol. The first-order valence-electron chi connectivity index (χ1n) is 8.12. The topological polar surface area (TPSA) is 78.0 Å². The van der Waals surface area contributed by atoms with Crippen LogP contribution in [0.4, 0.5) is 4.79 Å². The summed E-state index contributed by atoms with van der Waals surface area (Å²) >= 11 is 0. The molecule has 3 heterocycles. The average Bonchev–Trinajstić information content (AvgIpc) is 3.25. The van der Waals surface area contributed by atoms with Gasteiger partial charge in [0.15, 0.2) is 5.82 Å². The van der Waals surface area contributed by atoms with Crippen LogP contribution < -0.4 is 0 Å². The van der Waals surface area contributed by atoms with Crippen LogP contribution in [0.2, 0.25) is 0 Å². The van der Waals surface area contributed by atoms with Gasteiger partial charge in [0.05, 0.1) is 6.04 Å². The number of carbonyl (C=O) groups is 1. The van der Waals surface area contributed by atoms with Gasteiger partial charge in [-0.15, -0.1) is 0 Å². The number of nitrogens with zero attached hydrogens (tertiary/aromatic N) is 5. The van der Waals surface area contributed by atoms with E-state index in [9.17, 15) is 4.79 Å². The van der Waals surface area contributed by atoms with E-state index in [2.05, 4.69) is 20.2 Å². The van der Waals surface area contributed by atoms with Crippen molar-refractivity contribution in [3.05, 3.63) is 30.4 Å². The lowest BCUT2D eigenvalue weighted by Gasteiger charge is -2.29. The van der Waals surface area contributed by atoms with E-state index in [1.54, 1.807) is 12.4 Å². The highest BCUT2D eigenvalue weighted by Crippen LogP contribution is 2.31. The quantitative estimate of drug-likeness (QED) is 0.940. The molecule has 3 rings (SSSR count). The Balaban J connectivity index is 1.81. The summed E-state index contributed by atoms with van der Waals surface area (Å²) in [7, 11) is 0. The normalized spacial score (nSPS) is 17.5. The molecule has 122 valence electrons. The maximum atomic E-state index is 12.6.